The molecule has 2 heteroatoms. The van der Waals surface area contributed by atoms with E-state index in [0.29, 0.717) is 11.5 Å². The van der Waals surface area contributed by atoms with Crippen LogP contribution in [-0.2, 0) is 0 Å². The third-order valence-corrected chi connectivity index (χ3v) is 4.82. The van der Waals surface area contributed by atoms with Gasteiger partial charge in [-0.1, -0.05) is 57.7 Å². The maximum atomic E-state index is 3.71. The molecule has 0 radical (unpaired) electrons. The van der Waals surface area contributed by atoms with Gasteiger partial charge in [-0.15, -0.1) is 0 Å². The van der Waals surface area contributed by atoms with Crippen LogP contribution in [0.1, 0.15) is 52.4 Å². The molecule has 2 nitrogen and oxygen atoms in total. The fraction of sp³-hybridized carbons (Fsp3) is 0.684. The van der Waals surface area contributed by atoms with Gasteiger partial charge in [-0.3, -0.25) is 0 Å². The van der Waals surface area contributed by atoms with Gasteiger partial charge < -0.3 is 10.2 Å². The van der Waals surface area contributed by atoms with Crippen LogP contribution in [0.25, 0.3) is 0 Å². The van der Waals surface area contributed by atoms with E-state index in [1.54, 1.807) is 0 Å². The Balaban J connectivity index is 2.07. The van der Waals surface area contributed by atoms with E-state index in [9.17, 15) is 0 Å². The van der Waals surface area contributed by atoms with Crippen LogP contribution in [0.15, 0.2) is 30.3 Å². The summed E-state index contributed by atoms with van der Waals surface area (Å²) < 4.78 is 0. The minimum absolute atomic E-state index is 0.436. The van der Waals surface area contributed by atoms with Crippen molar-refractivity contribution in [2.75, 3.05) is 25.0 Å². The van der Waals surface area contributed by atoms with Crippen LogP contribution in [0.4, 0.5) is 5.69 Å². The Morgan fingerprint density at radius 1 is 1.05 bits per heavy atom. The van der Waals surface area contributed by atoms with Crippen molar-refractivity contribution in [3.63, 3.8) is 0 Å². The van der Waals surface area contributed by atoms with Gasteiger partial charge in [-0.25, -0.2) is 0 Å². The quantitative estimate of drug-likeness (QED) is 0.777. The topological polar surface area (TPSA) is 15.3 Å². The molecule has 1 aromatic rings. The highest BCUT2D eigenvalue weighted by Gasteiger charge is 2.32. The molecule has 0 heterocycles. The summed E-state index contributed by atoms with van der Waals surface area (Å²) in [7, 11) is 2.25. The molecule has 0 atom stereocenters. The first-order valence-electron chi connectivity index (χ1n) is 8.61. The summed E-state index contributed by atoms with van der Waals surface area (Å²) >= 11 is 0. The number of nitrogens with one attached hydrogen (secondary N) is 1. The van der Waals surface area contributed by atoms with Gasteiger partial charge >= 0.3 is 0 Å². The van der Waals surface area contributed by atoms with Crippen LogP contribution >= 0.6 is 0 Å². The lowest BCUT2D eigenvalue weighted by Gasteiger charge is -2.38. The standard InChI is InChI=1S/C19H32N2/c1-17(2)20-15-19(13-9-4-5-10-14-19)16-21(3)18-11-7-6-8-12-18/h6-8,11-12,17,20H,4-5,9-10,13-16H2,1-3H3. The minimum atomic E-state index is 0.436. The predicted octanol–water partition coefficient (Wildman–Crippen LogP) is 4.46. The van der Waals surface area contributed by atoms with Crippen molar-refractivity contribution in [3.05, 3.63) is 30.3 Å². The first kappa shape index (κ1) is 16.4. The molecule has 118 valence electrons. The fourth-order valence-corrected chi connectivity index (χ4v) is 3.57. The van der Waals surface area contributed by atoms with Gasteiger partial charge in [0.1, 0.15) is 0 Å². The molecule has 0 aromatic heterocycles. The van der Waals surface area contributed by atoms with Crippen molar-refractivity contribution < 1.29 is 0 Å². The van der Waals surface area contributed by atoms with E-state index in [1.165, 1.54) is 44.2 Å². The lowest BCUT2D eigenvalue weighted by atomic mass is 9.79. The van der Waals surface area contributed by atoms with E-state index in [2.05, 4.69) is 61.4 Å². The average Bonchev–Trinajstić information content (AvgIpc) is 2.72. The molecule has 0 amide bonds. The van der Waals surface area contributed by atoms with Crippen molar-refractivity contribution in [3.8, 4) is 0 Å². The fourth-order valence-electron chi connectivity index (χ4n) is 3.57. The van der Waals surface area contributed by atoms with Gasteiger partial charge in [-0.2, -0.15) is 0 Å². The van der Waals surface area contributed by atoms with E-state index in [0.717, 1.165) is 13.1 Å². The highest BCUT2D eigenvalue weighted by Crippen LogP contribution is 2.36. The molecule has 21 heavy (non-hydrogen) atoms. The van der Waals surface area contributed by atoms with Crippen molar-refractivity contribution in [2.24, 2.45) is 5.41 Å². The molecule has 1 aromatic carbocycles. The largest absolute Gasteiger partial charge is 0.374 e. The first-order chi connectivity index (χ1) is 10.1. The summed E-state index contributed by atoms with van der Waals surface area (Å²) in [4.78, 5) is 2.45. The molecule has 2 rings (SSSR count). The van der Waals surface area contributed by atoms with Gasteiger partial charge in [0.05, 0.1) is 0 Å². The van der Waals surface area contributed by atoms with Gasteiger partial charge in [0, 0.05) is 37.3 Å². The van der Waals surface area contributed by atoms with E-state index >= 15 is 0 Å². The predicted molar refractivity (Wildman–Crippen MR) is 93.0 cm³/mol. The summed E-state index contributed by atoms with van der Waals surface area (Å²) in [5.74, 6) is 0. The SMILES string of the molecule is CC(C)NCC1(CN(C)c2ccccc2)CCCCCC1. The van der Waals surface area contributed by atoms with Crippen LogP contribution in [0.5, 0.6) is 0 Å². The van der Waals surface area contributed by atoms with Crippen molar-refractivity contribution in [1.82, 2.24) is 5.32 Å². The highest BCUT2D eigenvalue weighted by atomic mass is 15.1. The Bertz CT molecular complexity index is 391. The first-order valence-corrected chi connectivity index (χ1v) is 8.61. The van der Waals surface area contributed by atoms with Gasteiger partial charge in [-0.05, 0) is 25.0 Å². The minimum Gasteiger partial charge on any atom is -0.374 e. The van der Waals surface area contributed by atoms with Gasteiger partial charge in [0.25, 0.3) is 0 Å². The number of nitrogens with zero attached hydrogens (tertiary/aromatic N) is 1. The summed E-state index contributed by atoms with van der Waals surface area (Å²) in [5, 5.41) is 3.71. The molecule has 0 unspecified atom stereocenters. The van der Waals surface area contributed by atoms with Crippen molar-refractivity contribution >= 4 is 5.69 Å². The second-order valence-electron chi connectivity index (χ2n) is 7.14. The summed E-state index contributed by atoms with van der Waals surface area (Å²) in [6.07, 6.45) is 8.34. The summed E-state index contributed by atoms with van der Waals surface area (Å²) in [6.45, 7) is 6.83. The number of hydrogen-bond donors (Lipinski definition) is 1. The maximum Gasteiger partial charge on any atom is 0.0363 e. The van der Waals surface area contributed by atoms with Gasteiger partial charge in [0.15, 0.2) is 0 Å². The van der Waals surface area contributed by atoms with E-state index < -0.39 is 0 Å². The van der Waals surface area contributed by atoms with Crippen molar-refractivity contribution in [1.29, 1.82) is 0 Å². The van der Waals surface area contributed by atoms with E-state index in [1.807, 2.05) is 0 Å². The molecule has 1 saturated carbocycles. The molecule has 0 spiro atoms. The second kappa shape index (κ2) is 7.84. The third kappa shape index (κ3) is 5.03. The Hall–Kier alpha value is -1.02. The van der Waals surface area contributed by atoms with Crippen LogP contribution in [0.2, 0.25) is 0 Å². The van der Waals surface area contributed by atoms with Gasteiger partial charge in [0.2, 0.25) is 0 Å². The molecule has 1 fully saturated rings. The zero-order chi connectivity index (χ0) is 15.1. The number of hydrogen-bond acceptors (Lipinski definition) is 2. The number of anilines is 1. The van der Waals surface area contributed by atoms with Crippen LogP contribution in [0, 0.1) is 5.41 Å². The Morgan fingerprint density at radius 3 is 2.24 bits per heavy atom. The lowest BCUT2D eigenvalue weighted by Crippen LogP contribution is -2.44. The molecule has 0 bridgehead atoms. The Kier molecular flexibility index (Phi) is 6.10. The smallest absolute Gasteiger partial charge is 0.0363 e. The number of para-hydroxylation sites is 1. The Labute approximate surface area is 130 Å². The second-order valence-corrected chi connectivity index (χ2v) is 7.14. The molecule has 1 N–H and O–H groups in total. The molecule has 0 aliphatic heterocycles. The third-order valence-electron chi connectivity index (χ3n) is 4.82. The summed E-state index contributed by atoms with van der Waals surface area (Å²) in [5.41, 5.74) is 1.77. The van der Waals surface area contributed by atoms with E-state index in [4.69, 9.17) is 0 Å². The average molecular weight is 288 g/mol. The lowest BCUT2D eigenvalue weighted by molar-refractivity contribution is 0.233. The molecular weight excluding hydrogens is 256 g/mol. The molecule has 0 saturated heterocycles. The Morgan fingerprint density at radius 2 is 1.67 bits per heavy atom. The summed E-state index contributed by atoms with van der Waals surface area (Å²) in [6, 6.07) is 11.4. The number of benzene rings is 1. The van der Waals surface area contributed by atoms with Crippen LogP contribution < -0.4 is 10.2 Å². The van der Waals surface area contributed by atoms with Crippen molar-refractivity contribution in [2.45, 2.75) is 58.4 Å². The molecule has 1 aliphatic carbocycles. The highest BCUT2D eigenvalue weighted by molar-refractivity contribution is 5.45. The van der Waals surface area contributed by atoms with E-state index in [-0.39, 0.29) is 0 Å². The maximum absolute atomic E-state index is 3.71. The molecule has 1 aliphatic rings. The van der Waals surface area contributed by atoms with Crippen LogP contribution in [0.3, 0.4) is 0 Å². The molecular formula is C19H32N2. The zero-order valence-electron chi connectivity index (χ0n) is 14.1. The normalized spacial score (nSPS) is 18.5. The monoisotopic (exact) mass is 288 g/mol. The zero-order valence-corrected chi connectivity index (χ0v) is 14.1. The number of rotatable bonds is 6. The van der Waals surface area contributed by atoms with Crippen LogP contribution in [-0.4, -0.2) is 26.2 Å².